The lowest BCUT2D eigenvalue weighted by molar-refractivity contribution is 0.109. The number of ether oxygens (including phenoxy) is 1. The summed E-state index contributed by atoms with van der Waals surface area (Å²) >= 11 is 5.92. The number of rotatable bonds is 5. The molecule has 0 saturated heterocycles. The third-order valence-corrected chi connectivity index (χ3v) is 3.93. The minimum Gasteiger partial charge on any atom is -0.439 e. The molecule has 0 fully saturated rings. The predicted octanol–water partition coefficient (Wildman–Crippen LogP) is 4.89. The quantitative estimate of drug-likeness (QED) is 0.635. The smallest absolute Gasteiger partial charge is 0.412 e. The predicted molar refractivity (Wildman–Crippen MR) is 105 cm³/mol. The zero-order valence-electron chi connectivity index (χ0n) is 14.1. The summed E-state index contributed by atoms with van der Waals surface area (Å²) in [6, 6.07) is 16.0. The Morgan fingerprint density at radius 1 is 1.30 bits per heavy atom. The van der Waals surface area contributed by atoms with Gasteiger partial charge >= 0.3 is 6.09 Å². The number of nitrogens with one attached hydrogen (secondary N) is 2. The highest BCUT2D eigenvalue weighted by molar-refractivity contribution is 6.30. The fourth-order valence-electron chi connectivity index (χ4n) is 2.43. The molecule has 3 rings (SSSR count). The van der Waals surface area contributed by atoms with E-state index >= 15 is 0 Å². The fourth-order valence-corrected chi connectivity index (χ4v) is 2.62. The zero-order valence-corrected chi connectivity index (χ0v) is 15.6. The van der Waals surface area contributed by atoms with Crippen molar-refractivity contribution in [3.05, 3.63) is 82.9 Å². The van der Waals surface area contributed by atoms with Crippen LogP contribution < -0.4 is 5.32 Å². The molecule has 6 nitrogen and oxygen atoms in total. The largest absolute Gasteiger partial charge is 0.439 e. The number of halogens is 2. The second-order valence-electron chi connectivity index (χ2n) is 5.55. The van der Waals surface area contributed by atoms with E-state index < -0.39 is 12.2 Å². The first kappa shape index (κ1) is 20.3. The summed E-state index contributed by atoms with van der Waals surface area (Å²) in [5, 5.41) is 12.1. The van der Waals surface area contributed by atoms with E-state index in [9.17, 15) is 4.79 Å². The molecule has 8 heteroatoms. The van der Waals surface area contributed by atoms with Gasteiger partial charge in [0.15, 0.2) is 0 Å². The van der Waals surface area contributed by atoms with Crippen molar-refractivity contribution in [2.75, 3.05) is 5.32 Å². The Labute approximate surface area is 167 Å². The van der Waals surface area contributed by atoms with Gasteiger partial charge < -0.3 is 9.72 Å². The molecule has 2 aromatic carbocycles. The maximum Gasteiger partial charge on any atom is 0.412 e. The number of carbonyl (C=O) groups excluding carboxylic acids is 1. The summed E-state index contributed by atoms with van der Waals surface area (Å²) < 4.78 is 5.57. The molecule has 27 heavy (non-hydrogen) atoms. The molecule has 0 bridgehead atoms. The molecule has 0 saturated carbocycles. The Balaban J connectivity index is 0.00000261. The highest BCUT2D eigenvalue weighted by Crippen LogP contribution is 2.22. The van der Waals surface area contributed by atoms with Crippen LogP contribution in [0.2, 0.25) is 5.02 Å². The number of nitriles is 1. The molecule has 0 aliphatic carbocycles. The molecule has 0 radical (unpaired) electrons. The van der Waals surface area contributed by atoms with E-state index in [1.54, 1.807) is 42.6 Å². The van der Waals surface area contributed by atoms with E-state index in [1.807, 2.05) is 12.1 Å². The van der Waals surface area contributed by atoms with E-state index in [-0.39, 0.29) is 12.4 Å². The lowest BCUT2D eigenvalue weighted by Crippen LogP contribution is -2.19. The maximum atomic E-state index is 12.3. The van der Waals surface area contributed by atoms with Gasteiger partial charge in [0.2, 0.25) is 0 Å². The van der Waals surface area contributed by atoms with Crippen LogP contribution in [0.1, 0.15) is 22.9 Å². The lowest BCUT2D eigenvalue weighted by Gasteiger charge is -2.17. The maximum absolute atomic E-state index is 12.3. The Kier molecular flexibility index (Phi) is 7.24. The monoisotopic (exact) mass is 402 g/mol. The number of nitrogens with zero attached hydrogens (tertiary/aromatic N) is 2. The minimum absolute atomic E-state index is 0. The van der Waals surface area contributed by atoms with E-state index in [1.165, 1.54) is 6.33 Å². The molecule has 3 aromatic rings. The van der Waals surface area contributed by atoms with Gasteiger partial charge in [0.1, 0.15) is 6.10 Å². The van der Waals surface area contributed by atoms with Crippen molar-refractivity contribution >= 4 is 35.8 Å². The van der Waals surface area contributed by atoms with Crippen molar-refractivity contribution in [2.45, 2.75) is 12.5 Å². The fraction of sp³-hybridized carbons (Fsp3) is 0.105. The number of H-pyrrole nitrogens is 1. The molecule has 1 aromatic heterocycles. The highest BCUT2D eigenvalue weighted by Gasteiger charge is 2.19. The summed E-state index contributed by atoms with van der Waals surface area (Å²) in [5.74, 6) is 0. The molecule has 0 aliphatic rings. The van der Waals surface area contributed by atoms with Gasteiger partial charge in [0.25, 0.3) is 0 Å². The Morgan fingerprint density at radius 2 is 2.07 bits per heavy atom. The van der Waals surface area contributed by atoms with Gasteiger partial charge in [-0.2, -0.15) is 5.26 Å². The molecule has 1 heterocycles. The average molecular weight is 403 g/mol. The number of hydrogen-bond acceptors (Lipinski definition) is 4. The lowest BCUT2D eigenvalue weighted by atomic mass is 10.0. The van der Waals surface area contributed by atoms with Crippen LogP contribution in [0.3, 0.4) is 0 Å². The zero-order chi connectivity index (χ0) is 18.4. The molecule has 0 aliphatic heterocycles. The third-order valence-electron chi connectivity index (χ3n) is 3.69. The topological polar surface area (TPSA) is 90.8 Å². The molecule has 1 atom stereocenters. The van der Waals surface area contributed by atoms with Crippen LogP contribution in [0.5, 0.6) is 0 Å². The van der Waals surface area contributed by atoms with Crippen molar-refractivity contribution < 1.29 is 9.53 Å². The number of aromatic nitrogens is 2. The minimum atomic E-state index is -0.597. The van der Waals surface area contributed by atoms with Crippen LogP contribution in [0.25, 0.3) is 0 Å². The van der Waals surface area contributed by atoms with Gasteiger partial charge in [-0.05, 0) is 35.9 Å². The van der Waals surface area contributed by atoms with Crippen LogP contribution >= 0.6 is 24.0 Å². The molecule has 1 amide bonds. The molecule has 0 spiro atoms. The number of anilines is 1. The van der Waals surface area contributed by atoms with Crippen LogP contribution in [0, 0.1) is 11.3 Å². The second-order valence-corrected chi connectivity index (χ2v) is 5.99. The third kappa shape index (κ3) is 5.74. The highest BCUT2D eigenvalue weighted by atomic mass is 35.5. The van der Waals surface area contributed by atoms with Crippen molar-refractivity contribution in [3.8, 4) is 6.07 Å². The first-order valence-electron chi connectivity index (χ1n) is 7.84. The number of carbonyl (C=O) groups is 1. The number of benzene rings is 2. The average Bonchev–Trinajstić information content (AvgIpc) is 3.16. The van der Waals surface area contributed by atoms with Crippen LogP contribution in [-0.2, 0) is 11.2 Å². The normalized spacial score (nSPS) is 11.0. The summed E-state index contributed by atoms with van der Waals surface area (Å²) in [5.41, 5.74) is 2.73. The van der Waals surface area contributed by atoms with Gasteiger partial charge in [-0.3, -0.25) is 5.32 Å². The number of hydrogen-bond donors (Lipinski definition) is 2. The Hall–Kier alpha value is -3.01. The van der Waals surface area contributed by atoms with Gasteiger partial charge in [0.05, 0.1) is 29.9 Å². The molecular weight excluding hydrogens is 387 g/mol. The molecule has 2 N–H and O–H groups in total. The molecule has 138 valence electrons. The van der Waals surface area contributed by atoms with Gasteiger partial charge in [-0.25, -0.2) is 9.78 Å². The Morgan fingerprint density at radius 3 is 2.70 bits per heavy atom. The van der Waals surface area contributed by atoms with Crippen molar-refractivity contribution in [1.82, 2.24) is 9.97 Å². The number of imidazole rings is 1. The standard InChI is InChI=1S/C19H15ClN4O2.ClH/c20-15-2-1-3-16(9-15)24-19(25)26-18(17-11-22-12-23-17)8-13-4-6-14(10-21)7-5-13;/h1-7,9,11-12,18H,8H2,(H,22,23)(H,24,25);1H. The first-order chi connectivity index (χ1) is 12.6. The van der Waals surface area contributed by atoms with E-state index in [2.05, 4.69) is 21.4 Å². The van der Waals surface area contributed by atoms with Crippen molar-refractivity contribution in [1.29, 1.82) is 5.26 Å². The SMILES string of the molecule is Cl.N#Cc1ccc(CC(OC(=O)Nc2cccc(Cl)c2)c2cnc[nH]2)cc1. The van der Waals surface area contributed by atoms with Crippen LogP contribution in [-0.4, -0.2) is 16.1 Å². The molecule has 1 unspecified atom stereocenters. The van der Waals surface area contributed by atoms with Crippen molar-refractivity contribution in [2.24, 2.45) is 0 Å². The summed E-state index contributed by atoms with van der Waals surface area (Å²) in [6.07, 6.45) is 2.43. The Bertz CT molecular complexity index is 922. The van der Waals surface area contributed by atoms with Gasteiger partial charge in [-0.15, -0.1) is 12.4 Å². The molecular formula is C19H16Cl2N4O2. The van der Waals surface area contributed by atoms with Gasteiger partial charge in [0, 0.05) is 17.1 Å². The first-order valence-corrected chi connectivity index (χ1v) is 8.22. The van der Waals surface area contributed by atoms with Crippen LogP contribution in [0.15, 0.2) is 61.1 Å². The van der Waals surface area contributed by atoms with E-state index in [4.69, 9.17) is 21.6 Å². The summed E-state index contributed by atoms with van der Waals surface area (Å²) in [6.45, 7) is 0. The van der Waals surface area contributed by atoms with E-state index in [0.717, 1.165) is 5.56 Å². The summed E-state index contributed by atoms with van der Waals surface area (Å²) in [7, 11) is 0. The number of aromatic amines is 1. The van der Waals surface area contributed by atoms with Crippen molar-refractivity contribution in [3.63, 3.8) is 0 Å². The number of amides is 1. The van der Waals surface area contributed by atoms with Crippen LogP contribution in [0.4, 0.5) is 10.5 Å². The van der Waals surface area contributed by atoms with Gasteiger partial charge in [-0.1, -0.05) is 29.8 Å². The second kappa shape index (κ2) is 9.62. The van der Waals surface area contributed by atoms with E-state index in [0.29, 0.717) is 28.4 Å². The summed E-state index contributed by atoms with van der Waals surface area (Å²) in [4.78, 5) is 19.2.